The Morgan fingerprint density at radius 2 is 1.90 bits per heavy atom. The fourth-order valence-corrected chi connectivity index (χ4v) is 3.58. The molecule has 1 atom stereocenters. The van der Waals surface area contributed by atoms with Crippen molar-refractivity contribution in [3.8, 4) is 5.75 Å². The standard InChI is InChI=1S/C23H28N2O4/c1-3-29-18-11-9-17(10-12-18)13-15-25-21(22(26)24-14-6-16-28-2)19-7-4-5-8-20(19)23(25)27/h4-5,7-12,21H,3,6,13-16H2,1-2H3,(H,24,26)/t21-/m1/s1. The number of carbonyl (C=O) groups is 2. The lowest BCUT2D eigenvalue weighted by atomic mass is 10.0. The number of hydrogen-bond acceptors (Lipinski definition) is 4. The van der Waals surface area contributed by atoms with E-state index in [1.54, 1.807) is 18.1 Å². The number of nitrogens with one attached hydrogen (secondary N) is 1. The van der Waals surface area contributed by atoms with Crippen LogP contribution in [-0.4, -0.2) is 50.1 Å². The molecule has 0 fully saturated rings. The summed E-state index contributed by atoms with van der Waals surface area (Å²) in [6, 6.07) is 14.6. The van der Waals surface area contributed by atoms with Crippen LogP contribution < -0.4 is 10.1 Å². The second kappa shape index (κ2) is 10.1. The average Bonchev–Trinajstić information content (AvgIpc) is 3.03. The molecule has 0 bridgehead atoms. The molecule has 6 heteroatoms. The lowest BCUT2D eigenvalue weighted by Crippen LogP contribution is -2.40. The highest BCUT2D eigenvalue weighted by Gasteiger charge is 2.40. The minimum absolute atomic E-state index is 0.0939. The van der Waals surface area contributed by atoms with E-state index in [-0.39, 0.29) is 11.8 Å². The summed E-state index contributed by atoms with van der Waals surface area (Å²) in [5.41, 5.74) is 2.47. The van der Waals surface area contributed by atoms with Crippen molar-refractivity contribution >= 4 is 11.8 Å². The molecule has 0 aliphatic carbocycles. The third kappa shape index (κ3) is 4.95. The Bertz CT molecular complexity index is 835. The quantitative estimate of drug-likeness (QED) is 0.627. The summed E-state index contributed by atoms with van der Waals surface area (Å²) in [6.07, 6.45) is 1.40. The molecule has 2 aromatic carbocycles. The molecule has 0 spiro atoms. The molecular weight excluding hydrogens is 368 g/mol. The van der Waals surface area contributed by atoms with Gasteiger partial charge in [-0.3, -0.25) is 9.59 Å². The number of rotatable bonds is 10. The van der Waals surface area contributed by atoms with E-state index < -0.39 is 6.04 Å². The molecule has 3 rings (SSSR count). The van der Waals surface area contributed by atoms with Crippen LogP contribution in [0.4, 0.5) is 0 Å². The first-order valence-electron chi connectivity index (χ1n) is 10.0. The summed E-state index contributed by atoms with van der Waals surface area (Å²) in [4.78, 5) is 27.5. The maximum atomic E-state index is 13.0. The first kappa shape index (κ1) is 20.9. The number of hydrogen-bond donors (Lipinski definition) is 1. The largest absolute Gasteiger partial charge is 0.494 e. The van der Waals surface area contributed by atoms with Gasteiger partial charge in [-0.05, 0) is 49.1 Å². The molecule has 2 amide bonds. The number of ether oxygens (including phenoxy) is 2. The first-order chi connectivity index (χ1) is 14.2. The molecule has 1 N–H and O–H groups in total. The molecule has 0 saturated heterocycles. The van der Waals surface area contributed by atoms with Gasteiger partial charge in [-0.15, -0.1) is 0 Å². The molecule has 0 unspecified atom stereocenters. The second-order valence-electron chi connectivity index (χ2n) is 6.95. The Hall–Kier alpha value is -2.86. The summed E-state index contributed by atoms with van der Waals surface area (Å²) in [5.74, 6) is 0.587. The number of benzene rings is 2. The van der Waals surface area contributed by atoms with Crippen LogP contribution in [0.15, 0.2) is 48.5 Å². The van der Waals surface area contributed by atoms with Gasteiger partial charge in [0.15, 0.2) is 0 Å². The van der Waals surface area contributed by atoms with Gasteiger partial charge < -0.3 is 19.7 Å². The zero-order valence-electron chi connectivity index (χ0n) is 17.0. The number of carbonyl (C=O) groups excluding carboxylic acids is 2. The van der Waals surface area contributed by atoms with Gasteiger partial charge in [-0.2, -0.15) is 0 Å². The smallest absolute Gasteiger partial charge is 0.255 e. The molecule has 0 saturated carbocycles. The summed E-state index contributed by atoms with van der Waals surface area (Å²) < 4.78 is 10.5. The van der Waals surface area contributed by atoms with E-state index in [4.69, 9.17) is 9.47 Å². The lowest BCUT2D eigenvalue weighted by molar-refractivity contribution is -0.125. The second-order valence-corrected chi connectivity index (χ2v) is 6.95. The molecule has 2 aromatic rings. The molecule has 1 aliphatic rings. The van der Waals surface area contributed by atoms with Gasteiger partial charge in [0, 0.05) is 32.4 Å². The van der Waals surface area contributed by atoms with Crippen LogP contribution in [0.5, 0.6) is 5.75 Å². The van der Waals surface area contributed by atoms with Gasteiger partial charge in [-0.25, -0.2) is 0 Å². The van der Waals surface area contributed by atoms with Crippen molar-refractivity contribution in [1.29, 1.82) is 0 Å². The van der Waals surface area contributed by atoms with Crippen LogP contribution in [0.1, 0.15) is 40.9 Å². The van der Waals surface area contributed by atoms with E-state index in [9.17, 15) is 9.59 Å². The molecule has 154 valence electrons. The van der Waals surface area contributed by atoms with Crippen molar-refractivity contribution in [2.24, 2.45) is 0 Å². The summed E-state index contributed by atoms with van der Waals surface area (Å²) in [5, 5.41) is 2.94. The predicted octanol–water partition coefficient (Wildman–Crippen LogP) is 2.98. The van der Waals surface area contributed by atoms with Crippen molar-refractivity contribution in [1.82, 2.24) is 10.2 Å². The Morgan fingerprint density at radius 3 is 2.62 bits per heavy atom. The first-order valence-corrected chi connectivity index (χ1v) is 10.0. The molecule has 0 radical (unpaired) electrons. The normalized spacial score (nSPS) is 15.3. The fraction of sp³-hybridized carbons (Fsp3) is 0.391. The number of fused-ring (bicyclic) bond motifs is 1. The van der Waals surface area contributed by atoms with Gasteiger partial charge in [-0.1, -0.05) is 30.3 Å². The summed E-state index contributed by atoms with van der Waals surface area (Å²) in [7, 11) is 1.64. The highest BCUT2D eigenvalue weighted by atomic mass is 16.5. The number of amides is 2. The van der Waals surface area contributed by atoms with Crippen molar-refractivity contribution in [2.75, 3.05) is 33.4 Å². The van der Waals surface area contributed by atoms with Gasteiger partial charge in [0.05, 0.1) is 6.61 Å². The summed E-state index contributed by atoms with van der Waals surface area (Å²) in [6.45, 7) is 4.15. The van der Waals surface area contributed by atoms with Crippen LogP contribution >= 0.6 is 0 Å². The third-order valence-corrected chi connectivity index (χ3v) is 5.01. The maximum Gasteiger partial charge on any atom is 0.255 e. The minimum Gasteiger partial charge on any atom is -0.494 e. The average molecular weight is 396 g/mol. The van der Waals surface area contributed by atoms with Gasteiger partial charge in [0.2, 0.25) is 5.91 Å². The minimum atomic E-state index is -0.594. The van der Waals surface area contributed by atoms with Crippen molar-refractivity contribution in [3.05, 3.63) is 65.2 Å². The Morgan fingerprint density at radius 1 is 1.14 bits per heavy atom. The molecule has 1 aliphatic heterocycles. The highest BCUT2D eigenvalue weighted by molar-refractivity contribution is 6.04. The van der Waals surface area contributed by atoms with Crippen LogP contribution in [0.2, 0.25) is 0 Å². The predicted molar refractivity (Wildman–Crippen MR) is 111 cm³/mol. The van der Waals surface area contributed by atoms with Gasteiger partial charge in [0.25, 0.3) is 5.91 Å². The highest BCUT2D eigenvalue weighted by Crippen LogP contribution is 2.33. The lowest BCUT2D eigenvalue weighted by Gasteiger charge is -2.24. The molecule has 29 heavy (non-hydrogen) atoms. The molecular formula is C23H28N2O4. The van der Waals surface area contributed by atoms with Gasteiger partial charge >= 0.3 is 0 Å². The van der Waals surface area contributed by atoms with E-state index in [2.05, 4.69) is 5.32 Å². The van der Waals surface area contributed by atoms with E-state index in [1.165, 1.54) is 0 Å². The fourth-order valence-electron chi connectivity index (χ4n) is 3.58. The summed E-state index contributed by atoms with van der Waals surface area (Å²) >= 11 is 0. The van der Waals surface area contributed by atoms with Crippen molar-refractivity contribution in [3.63, 3.8) is 0 Å². The zero-order chi connectivity index (χ0) is 20.6. The zero-order valence-corrected chi connectivity index (χ0v) is 17.0. The van der Waals surface area contributed by atoms with E-state index in [0.717, 1.165) is 23.3 Å². The van der Waals surface area contributed by atoms with Crippen LogP contribution in [0, 0.1) is 0 Å². The Labute approximate surface area is 171 Å². The molecule has 1 heterocycles. The van der Waals surface area contributed by atoms with Crippen LogP contribution in [-0.2, 0) is 16.0 Å². The number of nitrogens with zero attached hydrogens (tertiary/aromatic N) is 1. The Kier molecular flexibility index (Phi) is 7.25. The Balaban J connectivity index is 1.71. The topological polar surface area (TPSA) is 67.9 Å². The third-order valence-electron chi connectivity index (χ3n) is 5.01. The van der Waals surface area contributed by atoms with Crippen molar-refractivity contribution < 1.29 is 19.1 Å². The maximum absolute atomic E-state index is 13.0. The van der Waals surface area contributed by atoms with Crippen LogP contribution in [0.25, 0.3) is 0 Å². The van der Waals surface area contributed by atoms with E-state index in [0.29, 0.717) is 38.3 Å². The van der Waals surface area contributed by atoms with Crippen molar-refractivity contribution in [2.45, 2.75) is 25.8 Å². The van der Waals surface area contributed by atoms with Gasteiger partial charge in [0.1, 0.15) is 11.8 Å². The van der Waals surface area contributed by atoms with E-state index >= 15 is 0 Å². The van der Waals surface area contributed by atoms with Crippen LogP contribution in [0.3, 0.4) is 0 Å². The van der Waals surface area contributed by atoms with E-state index in [1.807, 2.05) is 49.4 Å². The molecule has 0 aromatic heterocycles. The monoisotopic (exact) mass is 396 g/mol. The molecule has 6 nitrogen and oxygen atoms in total. The number of methoxy groups -OCH3 is 1. The SMILES string of the molecule is CCOc1ccc(CCN2C(=O)c3ccccc3[C@@H]2C(=O)NCCCOC)cc1.